The molecule has 1 heterocycles. The Hall–Kier alpha value is -3.84. The first-order valence-electron chi connectivity index (χ1n) is 10.7. The first-order valence-corrected chi connectivity index (χ1v) is 11.5. The van der Waals surface area contributed by atoms with Gasteiger partial charge in [0.1, 0.15) is 34.5 Å². The molecule has 4 rings (SSSR count). The van der Waals surface area contributed by atoms with Gasteiger partial charge in [-0.25, -0.2) is 14.2 Å². The van der Waals surface area contributed by atoms with Gasteiger partial charge in [0.05, 0.1) is 17.2 Å². The standard InChI is InChI=1S/C27H22FNO4S/c1-2-32-27(31)24-25(30)23(34-26(24)29-21-12-4-3-5-13-21)16-19-10-6-7-14-22(19)33-17-18-9-8-11-20(28)15-18/h3-16,30H,2,17H2,1H3/b23-16-,29-26?. The minimum absolute atomic E-state index is 0.0279. The minimum Gasteiger partial charge on any atom is -0.506 e. The van der Waals surface area contributed by atoms with Crippen LogP contribution in [0.2, 0.25) is 0 Å². The Morgan fingerprint density at radius 1 is 1.06 bits per heavy atom. The normalized spacial score (nSPS) is 15.7. The van der Waals surface area contributed by atoms with Crippen LogP contribution in [0, 0.1) is 5.82 Å². The molecule has 0 amide bonds. The molecule has 34 heavy (non-hydrogen) atoms. The van der Waals surface area contributed by atoms with E-state index in [1.165, 1.54) is 23.9 Å². The number of thioether (sulfide) groups is 1. The summed E-state index contributed by atoms with van der Waals surface area (Å²) in [6.07, 6.45) is 1.73. The topological polar surface area (TPSA) is 68.1 Å². The van der Waals surface area contributed by atoms with Gasteiger partial charge in [0.15, 0.2) is 0 Å². The molecule has 0 bridgehead atoms. The average Bonchev–Trinajstić information content (AvgIpc) is 3.13. The number of para-hydroxylation sites is 2. The molecule has 0 saturated heterocycles. The number of rotatable bonds is 7. The van der Waals surface area contributed by atoms with Crippen molar-refractivity contribution < 1.29 is 23.8 Å². The van der Waals surface area contributed by atoms with E-state index in [2.05, 4.69) is 4.99 Å². The van der Waals surface area contributed by atoms with Crippen molar-refractivity contribution in [1.29, 1.82) is 0 Å². The highest BCUT2D eigenvalue weighted by molar-refractivity contribution is 8.18. The maximum Gasteiger partial charge on any atom is 0.344 e. The van der Waals surface area contributed by atoms with Gasteiger partial charge >= 0.3 is 5.97 Å². The van der Waals surface area contributed by atoms with E-state index in [1.54, 1.807) is 31.2 Å². The van der Waals surface area contributed by atoms with Crippen LogP contribution in [0.3, 0.4) is 0 Å². The Balaban J connectivity index is 1.66. The third-order valence-electron chi connectivity index (χ3n) is 4.85. The number of hydrogen-bond acceptors (Lipinski definition) is 6. The van der Waals surface area contributed by atoms with E-state index < -0.39 is 5.97 Å². The molecule has 7 heteroatoms. The number of esters is 1. The van der Waals surface area contributed by atoms with Crippen LogP contribution in [-0.2, 0) is 16.1 Å². The zero-order chi connectivity index (χ0) is 23.9. The van der Waals surface area contributed by atoms with Gasteiger partial charge < -0.3 is 14.6 Å². The van der Waals surface area contributed by atoms with E-state index in [9.17, 15) is 14.3 Å². The Bertz CT molecular complexity index is 1280. The largest absolute Gasteiger partial charge is 0.506 e. The molecule has 0 saturated carbocycles. The van der Waals surface area contributed by atoms with Crippen LogP contribution in [0.25, 0.3) is 6.08 Å². The lowest BCUT2D eigenvalue weighted by Crippen LogP contribution is -2.12. The summed E-state index contributed by atoms with van der Waals surface area (Å²) in [5.41, 5.74) is 2.07. The first-order chi connectivity index (χ1) is 16.5. The molecule has 0 radical (unpaired) electrons. The second-order valence-electron chi connectivity index (χ2n) is 7.26. The second kappa shape index (κ2) is 10.9. The molecule has 0 atom stereocenters. The van der Waals surface area contributed by atoms with Gasteiger partial charge in [0.25, 0.3) is 0 Å². The van der Waals surface area contributed by atoms with Crippen LogP contribution in [0.1, 0.15) is 18.1 Å². The number of nitrogens with zero attached hydrogens (tertiary/aromatic N) is 1. The fourth-order valence-electron chi connectivity index (χ4n) is 3.27. The summed E-state index contributed by atoms with van der Waals surface area (Å²) in [4.78, 5) is 17.6. The summed E-state index contributed by atoms with van der Waals surface area (Å²) >= 11 is 1.18. The van der Waals surface area contributed by atoms with Crippen molar-refractivity contribution in [2.75, 3.05) is 6.61 Å². The smallest absolute Gasteiger partial charge is 0.344 e. The summed E-state index contributed by atoms with van der Waals surface area (Å²) in [6, 6.07) is 22.7. The molecular weight excluding hydrogens is 453 g/mol. The van der Waals surface area contributed by atoms with Crippen molar-refractivity contribution >= 4 is 34.5 Å². The highest BCUT2D eigenvalue weighted by Gasteiger charge is 2.33. The van der Waals surface area contributed by atoms with Crippen molar-refractivity contribution in [3.8, 4) is 5.75 Å². The third-order valence-corrected chi connectivity index (χ3v) is 5.87. The van der Waals surface area contributed by atoms with Gasteiger partial charge in [-0.05, 0) is 48.9 Å². The van der Waals surface area contributed by atoms with Gasteiger partial charge in [-0.1, -0.05) is 60.3 Å². The quantitative estimate of drug-likeness (QED) is 0.390. The Labute approximate surface area is 201 Å². The maximum absolute atomic E-state index is 13.5. The van der Waals surface area contributed by atoms with Gasteiger partial charge in [0, 0.05) is 5.56 Å². The van der Waals surface area contributed by atoms with E-state index in [1.807, 2.05) is 48.5 Å². The number of carbonyl (C=O) groups is 1. The molecule has 3 aromatic carbocycles. The molecular formula is C27H22FNO4S. The number of hydrogen-bond donors (Lipinski definition) is 1. The number of aliphatic hydroxyl groups excluding tert-OH is 1. The Morgan fingerprint density at radius 2 is 1.82 bits per heavy atom. The van der Waals surface area contributed by atoms with E-state index in [4.69, 9.17) is 9.47 Å². The molecule has 172 valence electrons. The summed E-state index contributed by atoms with van der Waals surface area (Å²) in [6.45, 7) is 2.06. The number of aliphatic imine (C=N–C) groups is 1. The van der Waals surface area contributed by atoms with Crippen molar-refractivity contribution in [2.24, 2.45) is 4.99 Å². The van der Waals surface area contributed by atoms with E-state index in [0.717, 1.165) is 0 Å². The third kappa shape index (κ3) is 5.55. The zero-order valence-corrected chi connectivity index (χ0v) is 19.2. The zero-order valence-electron chi connectivity index (χ0n) is 18.4. The van der Waals surface area contributed by atoms with Gasteiger partial charge in [-0.15, -0.1) is 0 Å². The number of halogens is 1. The van der Waals surface area contributed by atoms with Crippen LogP contribution in [0.5, 0.6) is 5.75 Å². The molecule has 0 spiro atoms. The van der Waals surface area contributed by atoms with Crippen LogP contribution in [-0.4, -0.2) is 22.7 Å². The Kier molecular flexibility index (Phi) is 7.44. The van der Waals surface area contributed by atoms with Crippen LogP contribution < -0.4 is 4.74 Å². The number of aliphatic hydroxyl groups is 1. The van der Waals surface area contributed by atoms with E-state index in [0.29, 0.717) is 32.5 Å². The molecule has 0 aliphatic carbocycles. The minimum atomic E-state index is -0.638. The number of carbonyl (C=O) groups excluding carboxylic acids is 1. The molecule has 1 aliphatic rings. The molecule has 0 unspecified atom stereocenters. The van der Waals surface area contributed by atoms with Gasteiger partial charge in [-0.2, -0.15) is 0 Å². The second-order valence-corrected chi connectivity index (χ2v) is 8.29. The SMILES string of the molecule is CCOC(=O)C1=C(O)/C(=C/c2ccccc2OCc2cccc(F)c2)SC1=Nc1ccccc1. The van der Waals surface area contributed by atoms with E-state index >= 15 is 0 Å². The average molecular weight is 476 g/mol. The fraction of sp³-hybridized carbons (Fsp3) is 0.111. The van der Waals surface area contributed by atoms with Crippen molar-refractivity contribution in [3.05, 3.63) is 112 Å². The monoisotopic (exact) mass is 475 g/mol. The summed E-state index contributed by atoms with van der Waals surface area (Å²) < 4.78 is 24.6. The predicted octanol–water partition coefficient (Wildman–Crippen LogP) is 6.60. The molecule has 0 aromatic heterocycles. The van der Waals surface area contributed by atoms with Crippen LogP contribution in [0.15, 0.2) is 100 Å². The summed E-state index contributed by atoms with van der Waals surface area (Å²) in [5.74, 6) is -0.608. The number of benzene rings is 3. The van der Waals surface area contributed by atoms with Crippen molar-refractivity contribution in [3.63, 3.8) is 0 Å². The van der Waals surface area contributed by atoms with Crippen molar-refractivity contribution in [2.45, 2.75) is 13.5 Å². The summed E-state index contributed by atoms with van der Waals surface area (Å²) in [5, 5.41) is 11.3. The lowest BCUT2D eigenvalue weighted by molar-refractivity contribution is -0.138. The summed E-state index contributed by atoms with van der Waals surface area (Å²) in [7, 11) is 0. The lowest BCUT2D eigenvalue weighted by atomic mass is 10.1. The highest BCUT2D eigenvalue weighted by Crippen LogP contribution is 2.41. The molecule has 0 fully saturated rings. The maximum atomic E-state index is 13.5. The van der Waals surface area contributed by atoms with Crippen LogP contribution in [0.4, 0.5) is 10.1 Å². The molecule has 3 aromatic rings. The fourth-order valence-corrected chi connectivity index (χ4v) is 4.30. The lowest BCUT2D eigenvalue weighted by Gasteiger charge is -2.10. The van der Waals surface area contributed by atoms with E-state index in [-0.39, 0.29) is 30.4 Å². The van der Waals surface area contributed by atoms with Crippen molar-refractivity contribution in [1.82, 2.24) is 0 Å². The number of ether oxygens (including phenoxy) is 2. The molecule has 1 N–H and O–H groups in total. The Morgan fingerprint density at radius 3 is 2.59 bits per heavy atom. The van der Waals surface area contributed by atoms with Crippen LogP contribution >= 0.6 is 11.8 Å². The first kappa shape index (κ1) is 23.3. The van der Waals surface area contributed by atoms with Gasteiger partial charge in [-0.3, -0.25) is 0 Å². The predicted molar refractivity (Wildman–Crippen MR) is 133 cm³/mol. The molecule has 5 nitrogen and oxygen atoms in total. The van der Waals surface area contributed by atoms with Gasteiger partial charge in [0.2, 0.25) is 0 Å². The highest BCUT2D eigenvalue weighted by atomic mass is 32.2. The molecule has 1 aliphatic heterocycles.